The minimum absolute atomic E-state index is 0.396. The summed E-state index contributed by atoms with van der Waals surface area (Å²) in [5, 5.41) is 0. The summed E-state index contributed by atoms with van der Waals surface area (Å²) in [6.07, 6.45) is 2.26. The summed E-state index contributed by atoms with van der Waals surface area (Å²) in [5.41, 5.74) is 2.92. The van der Waals surface area contributed by atoms with Gasteiger partial charge in [-0.3, -0.25) is 0 Å². The molecule has 0 spiro atoms. The number of imidazole rings is 1. The predicted molar refractivity (Wildman–Crippen MR) is 71.4 cm³/mol. The number of aryl methyl sites for hydroxylation is 1. The van der Waals surface area contributed by atoms with Crippen molar-refractivity contribution in [2.45, 2.75) is 45.5 Å². The first kappa shape index (κ1) is 12.4. The van der Waals surface area contributed by atoms with Crippen molar-refractivity contribution in [1.82, 2.24) is 14.5 Å². The topological polar surface area (TPSA) is 30.7 Å². The molecule has 17 heavy (non-hydrogen) atoms. The lowest BCUT2D eigenvalue weighted by Gasteiger charge is -2.15. The first-order valence-electron chi connectivity index (χ1n) is 6.07. The highest BCUT2D eigenvalue weighted by Crippen LogP contribution is 2.23. The van der Waals surface area contributed by atoms with Gasteiger partial charge < -0.3 is 4.57 Å². The minimum Gasteiger partial charge on any atom is -0.309 e. The van der Waals surface area contributed by atoms with E-state index < -0.39 is 0 Å². The fraction of sp³-hybridized carbons (Fsp3) is 0.538. The van der Waals surface area contributed by atoms with Crippen LogP contribution < -0.4 is 0 Å². The molecule has 0 fully saturated rings. The normalized spacial score (nSPS) is 13.2. The molecule has 0 saturated carbocycles. The molecule has 0 radical (unpaired) electrons. The third-order valence-corrected chi connectivity index (χ3v) is 3.26. The molecule has 4 heteroatoms. The van der Waals surface area contributed by atoms with E-state index in [1.807, 2.05) is 19.1 Å². The Labute approximate surface area is 107 Å². The van der Waals surface area contributed by atoms with Gasteiger partial charge in [0.2, 0.25) is 0 Å². The molecular formula is C13H18ClN3. The van der Waals surface area contributed by atoms with Gasteiger partial charge in [0, 0.05) is 11.7 Å². The van der Waals surface area contributed by atoms with E-state index in [9.17, 15) is 0 Å². The van der Waals surface area contributed by atoms with Gasteiger partial charge in [0.05, 0.1) is 5.88 Å². The maximum absolute atomic E-state index is 5.98. The van der Waals surface area contributed by atoms with Crippen LogP contribution in [0.15, 0.2) is 12.1 Å². The summed E-state index contributed by atoms with van der Waals surface area (Å²) in [6.45, 7) is 6.39. The average molecular weight is 252 g/mol. The summed E-state index contributed by atoms with van der Waals surface area (Å²) in [7, 11) is 0. The van der Waals surface area contributed by atoms with Crippen molar-refractivity contribution in [2.75, 3.05) is 0 Å². The predicted octanol–water partition coefficient (Wildman–Crippen LogP) is 3.84. The Balaban J connectivity index is 2.60. The summed E-state index contributed by atoms with van der Waals surface area (Å²) >= 11 is 5.98. The first-order valence-corrected chi connectivity index (χ1v) is 6.61. The van der Waals surface area contributed by atoms with Crippen molar-refractivity contribution >= 4 is 22.8 Å². The number of hydrogen-bond acceptors (Lipinski definition) is 2. The number of nitrogens with zero attached hydrogens (tertiary/aromatic N) is 3. The number of fused-ring (bicyclic) bond motifs is 1. The van der Waals surface area contributed by atoms with Crippen molar-refractivity contribution in [1.29, 1.82) is 0 Å². The molecule has 2 heterocycles. The van der Waals surface area contributed by atoms with Crippen LogP contribution in [-0.2, 0) is 5.88 Å². The second-order valence-electron chi connectivity index (χ2n) is 4.46. The van der Waals surface area contributed by atoms with Crippen molar-refractivity contribution in [2.24, 2.45) is 0 Å². The number of alkyl halides is 1. The standard InChI is InChI=1S/C13H18ClN3/c1-4-5-10(3)17-12(8-14)16-11-7-6-9(2)15-13(11)17/h6-7,10H,4-5,8H2,1-3H3. The highest BCUT2D eigenvalue weighted by molar-refractivity contribution is 6.16. The SMILES string of the molecule is CCCC(C)n1c(CCl)nc2ccc(C)nc21. The second kappa shape index (κ2) is 5.05. The largest absolute Gasteiger partial charge is 0.309 e. The van der Waals surface area contributed by atoms with E-state index >= 15 is 0 Å². The molecule has 2 rings (SSSR count). The van der Waals surface area contributed by atoms with Crippen LogP contribution >= 0.6 is 11.6 Å². The van der Waals surface area contributed by atoms with Crippen LogP contribution in [0, 0.1) is 6.92 Å². The highest BCUT2D eigenvalue weighted by Gasteiger charge is 2.15. The van der Waals surface area contributed by atoms with Gasteiger partial charge >= 0.3 is 0 Å². The van der Waals surface area contributed by atoms with Crippen LogP contribution in [0.1, 0.15) is 44.2 Å². The Morgan fingerprint density at radius 1 is 1.35 bits per heavy atom. The first-order chi connectivity index (χ1) is 8.17. The Hall–Kier alpha value is -1.09. The summed E-state index contributed by atoms with van der Waals surface area (Å²) in [5.74, 6) is 1.35. The molecule has 92 valence electrons. The third-order valence-electron chi connectivity index (χ3n) is 3.02. The molecule has 0 amide bonds. The molecule has 0 N–H and O–H groups in total. The van der Waals surface area contributed by atoms with Crippen LogP contribution in [0.4, 0.5) is 0 Å². The van der Waals surface area contributed by atoms with Crippen molar-refractivity contribution in [3.05, 3.63) is 23.7 Å². The van der Waals surface area contributed by atoms with E-state index in [0.29, 0.717) is 11.9 Å². The summed E-state index contributed by atoms with van der Waals surface area (Å²) in [6, 6.07) is 4.40. The number of aromatic nitrogens is 3. The van der Waals surface area contributed by atoms with Gasteiger partial charge in [-0.25, -0.2) is 9.97 Å². The molecule has 0 bridgehead atoms. The van der Waals surface area contributed by atoms with Crippen LogP contribution in [0.3, 0.4) is 0 Å². The van der Waals surface area contributed by atoms with Crippen molar-refractivity contribution in [3.8, 4) is 0 Å². The molecule has 2 aromatic heterocycles. The number of rotatable bonds is 4. The Kier molecular flexibility index (Phi) is 3.67. The molecular weight excluding hydrogens is 234 g/mol. The number of halogens is 1. The fourth-order valence-corrected chi connectivity index (χ4v) is 2.41. The van der Waals surface area contributed by atoms with Gasteiger partial charge in [0.25, 0.3) is 0 Å². The van der Waals surface area contributed by atoms with E-state index in [4.69, 9.17) is 11.6 Å². The molecule has 0 aliphatic carbocycles. The van der Waals surface area contributed by atoms with Gasteiger partial charge in [0.15, 0.2) is 5.65 Å². The quantitative estimate of drug-likeness (QED) is 0.773. The Morgan fingerprint density at radius 3 is 2.76 bits per heavy atom. The van der Waals surface area contributed by atoms with Crippen molar-refractivity contribution in [3.63, 3.8) is 0 Å². The van der Waals surface area contributed by atoms with Crippen LogP contribution in [0.2, 0.25) is 0 Å². The summed E-state index contributed by atoms with van der Waals surface area (Å²) < 4.78 is 2.18. The second-order valence-corrected chi connectivity index (χ2v) is 4.73. The highest BCUT2D eigenvalue weighted by atomic mass is 35.5. The minimum atomic E-state index is 0.396. The van der Waals surface area contributed by atoms with Gasteiger partial charge in [-0.2, -0.15) is 0 Å². The number of pyridine rings is 1. The van der Waals surface area contributed by atoms with E-state index in [1.54, 1.807) is 0 Å². The van der Waals surface area contributed by atoms with Crippen molar-refractivity contribution < 1.29 is 0 Å². The summed E-state index contributed by atoms with van der Waals surface area (Å²) in [4.78, 5) is 9.13. The van der Waals surface area contributed by atoms with E-state index in [0.717, 1.165) is 35.5 Å². The third kappa shape index (κ3) is 2.29. The van der Waals surface area contributed by atoms with Crippen LogP contribution in [0.5, 0.6) is 0 Å². The molecule has 0 saturated heterocycles. The molecule has 1 atom stereocenters. The lowest BCUT2D eigenvalue weighted by Crippen LogP contribution is -2.09. The molecule has 2 aromatic rings. The Morgan fingerprint density at radius 2 is 2.12 bits per heavy atom. The monoisotopic (exact) mass is 251 g/mol. The zero-order chi connectivity index (χ0) is 12.4. The van der Waals surface area contributed by atoms with Crippen LogP contribution in [0.25, 0.3) is 11.2 Å². The molecule has 0 aromatic carbocycles. The van der Waals surface area contributed by atoms with Gasteiger partial charge in [0.1, 0.15) is 11.3 Å². The van der Waals surface area contributed by atoms with Gasteiger partial charge in [-0.05, 0) is 32.4 Å². The maximum Gasteiger partial charge on any atom is 0.160 e. The van der Waals surface area contributed by atoms with Crippen LogP contribution in [-0.4, -0.2) is 14.5 Å². The zero-order valence-corrected chi connectivity index (χ0v) is 11.3. The zero-order valence-electron chi connectivity index (χ0n) is 10.6. The molecule has 3 nitrogen and oxygen atoms in total. The van der Waals surface area contributed by atoms with E-state index in [2.05, 4.69) is 28.4 Å². The number of hydrogen-bond donors (Lipinski definition) is 0. The molecule has 1 unspecified atom stereocenters. The Bertz CT molecular complexity index is 519. The molecule has 0 aliphatic rings. The van der Waals surface area contributed by atoms with Gasteiger partial charge in [-0.1, -0.05) is 13.3 Å². The smallest absolute Gasteiger partial charge is 0.160 e. The van der Waals surface area contributed by atoms with E-state index in [-0.39, 0.29) is 0 Å². The van der Waals surface area contributed by atoms with Gasteiger partial charge in [-0.15, -0.1) is 11.6 Å². The maximum atomic E-state index is 5.98. The lowest BCUT2D eigenvalue weighted by molar-refractivity contribution is 0.497. The molecule has 0 aliphatic heterocycles. The lowest BCUT2D eigenvalue weighted by atomic mass is 10.2. The fourth-order valence-electron chi connectivity index (χ4n) is 2.22. The van der Waals surface area contributed by atoms with E-state index in [1.165, 1.54) is 0 Å². The average Bonchev–Trinajstić information content (AvgIpc) is 2.66.